The Hall–Kier alpha value is -0.520. The molecule has 15 heavy (non-hydrogen) atoms. The molecule has 0 fully saturated rings. The Morgan fingerprint density at radius 3 is 2.47 bits per heavy atom. The van der Waals surface area contributed by atoms with Crippen molar-refractivity contribution >= 4 is 22.6 Å². The second-order valence-corrected chi connectivity index (χ2v) is 4.39. The molecule has 0 aliphatic heterocycles. The largest absolute Gasteiger partial charge is 0.417 e. The van der Waals surface area contributed by atoms with Crippen molar-refractivity contribution in [2.24, 2.45) is 0 Å². The Kier molecular flexibility index (Phi) is 3.81. The molecule has 1 unspecified atom stereocenters. The first-order valence-corrected chi connectivity index (χ1v) is 5.44. The van der Waals surface area contributed by atoms with Gasteiger partial charge in [0.1, 0.15) is 0 Å². The molecule has 0 amide bonds. The van der Waals surface area contributed by atoms with E-state index in [-0.39, 0.29) is 15.1 Å². The lowest BCUT2D eigenvalue weighted by Crippen LogP contribution is -2.12. The summed E-state index contributed by atoms with van der Waals surface area (Å²) in [4.78, 5) is 0. The average Bonchev–Trinajstić information content (AvgIpc) is 2.14. The lowest BCUT2D eigenvalue weighted by Gasteiger charge is -2.17. The summed E-state index contributed by atoms with van der Waals surface area (Å²) in [6.07, 6.45) is -2.79. The molecule has 0 aliphatic rings. The molecule has 1 aromatic rings. The zero-order chi connectivity index (χ0) is 11.6. The standard InChI is InChI=1S/C11H10F3I/c1-3-7(2)8-5-4-6-9(15)10(8)11(12,13)14/h3-7H,1H2,2H3. The van der Waals surface area contributed by atoms with Gasteiger partial charge in [0.25, 0.3) is 0 Å². The van der Waals surface area contributed by atoms with Crippen molar-refractivity contribution in [2.75, 3.05) is 0 Å². The van der Waals surface area contributed by atoms with Gasteiger partial charge in [-0.3, -0.25) is 0 Å². The minimum Gasteiger partial charge on any atom is -0.166 e. The van der Waals surface area contributed by atoms with Crippen LogP contribution in [0.3, 0.4) is 0 Å². The highest BCUT2D eigenvalue weighted by atomic mass is 127. The van der Waals surface area contributed by atoms with Crippen molar-refractivity contribution in [3.63, 3.8) is 0 Å². The molecule has 0 saturated carbocycles. The van der Waals surface area contributed by atoms with Crippen LogP contribution in [-0.4, -0.2) is 0 Å². The van der Waals surface area contributed by atoms with Crippen LogP contribution in [0.1, 0.15) is 24.0 Å². The Balaban J connectivity index is 3.39. The molecule has 0 bridgehead atoms. The van der Waals surface area contributed by atoms with Crippen LogP contribution in [0.2, 0.25) is 0 Å². The van der Waals surface area contributed by atoms with Gasteiger partial charge < -0.3 is 0 Å². The Morgan fingerprint density at radius 2 is 2.00 bits per heavy atom. The maximum atomic E-state index is 12.8. The summed E-state index contributed by atoms with van der Waals surface area (Å²) in [5.74, 6) is -0.295. The summed E-state index contributed by atoms with van der Waals surface area (Å²) in [6, 6.07) is 4.59. The van der Waals surface area contributed by atoms with E-state index in [1.165, 1.54) is 18.2 Å². The molecule has 4 heteroatoms. The van der Waals surface area contributed by atoms with Gasteiger partial charge in [-0.25, -0.2) is 0 Å². The summed E-state index contributed by atoms with van der Waals surface area (Å²) in [5.41, 5.74) is -0.262. The normalized spacial score (nSPS) is 13.7. The van der Waals surface area contributed by atoms with Crippen LogP contribution in [0, 0.1) is 3.57 Å². The third-order valence-corrected chi connectivity index (χ3v) is 3.07. The second-order valence-electron chi connectivity index (χ2n) is 3.23. The molecular formula is C11H10F3I. The van der Waals surface area contributed by atoms with E-state index in [4.69, 9.17) is 0 Å². The molecule has 82 valence electrons. The molecule has 0 N–H and O–H groups in total. The van der Waals surface area contributed by atoms with E-state index in [9.17, 15) is 13.2 Å². The number of hydrogen-bond donors (Lipinski definition) is 0. The highest BCUT2D eigenvalue weighted by molar-refractivity contribution is 14.1. The van der Waals surface area contributed by atoms with Gasteiger partial charge in [-0.1, -0.05) is 25.1 Å². The number of alkyl halides is 3. The van der Waals surface area contributed by atoms with Crippen LogP contribution in [0.5, 0.6) is 0 Å². The maximum absolute atomic E-state index is 12.8. The minimum atomic E-state index is -4.30. The number of benzene rings is 1. The van der Waals surface area contributed by atoms with E-state index >= 15 is 0 Å². The van der Waals surface area contributed by atoms with Gasteiger partial charge in [-0.05, 0) is 40.1 Å². The molecule has 0 saturated heterocycles. The van der Waals surface area contributed by atoms with Gasteiger partial charge in [-0.2, -0.15) is 13.2 Å². The first kappa shape index (κ1) is 12.5. The molecule has 0 heterocycles. The van der Waals surface area contributed by atoms with Gasteiger partial charge in [0.05, 0.1) is 5.56 Å². The predicted octanol–water partition coefficient (Wildman–Crippen LogP) is 4.60. The third-order valence-electron chi connectivity index (χ3n) is 2.17. The van der Waals surface area contributed by atoms with Crippen LogP contribution < -0.4 is 0 Å². The molecule has 0 aromatic heterocycles. The zero-order valence-corrected chi connectivity index (χ0v) is 10.3. The lowest BCUT2D eigenvalue weighted by molar-refractivity contribution is -0.139. The van der Waals surface area contributed by atoms with Crippen LogP contribution in [-0.2, 0) is 6.18 Å². The topological polar surface area (TPSA) is 0 Å². The van der Waals surface area contributed by atoms with E-state index in [1.807, 2.05) is 0 Å². The van der Waals surface area contributed by atoms with Gasteiger partial charge >= 0.3 is 6.18 Å². The fraction of sp³-hybridized carbons (Fsp3) is 0.273. The number of hydrogen-bond acceptors (Lipinski definition) is 0. The summed E-state index contributed by atoms with van der Waals surface area (Å²) < 4.78 is 38.5. The van der Waals surface area contributed by atoms with Crippen molar-refractivity contribution in [1.29, 1.82) is 0 Å². The van der Waals surface area contributed by atoms with Crippen LogP contribution in [0.25, 0.3) is 0 Å². The van der Waals surface area contributed by atoms with Crippen LogP contribution >= 0.6 is 22.6 Å². The smallest absolute Gasteiger partial charge is 0.166 e. The highest BCUT2D eigenvalue weighted by Gasteiger charge is 2.36. The summed E-state index contributed by atoms with van der Waals surface area (Å²) in [7, 11) is 0. The molecule has 0 radical (unpaired) electrons. The molecule has 0 spiro atoms. The van der Waals surface area contributed by atoms with Crippen LogP contribution in [0.4, 0.5) is 13.2 Å². The number of allylic oxidation sites excluding steroid dienone is 1. The molecule has 1 aromatic carbocycles. The van der Waals surface area contributed by atoms with Crippen molar-refractivity contribution in [3.05, 3.63) is 45.6 Å². The Labute approximate surface area is 100 Å². The highest BCUT2D eigenvalue weighted by Crippen LogP contribution is 2.38. The van der Waals surface area contributed by atoms with E-state index in [0.717, 1.165) is 0 Å². The fourth-order valence-corrected chi connectivity index (χ4v) is 2.17. The van der Waals surface area contributed by atoms with Crippen LogP contribution in [0.15, 0.2) is 30.9 Å². The van der Waals surface area contributed by atoms with E-state index in [0.29, 0.717) is 0 Å². The molecule has 1 rings (SSSR count). The SMILES string of the molecule is C=CC(C)c1cccc(I)c1C(F)(F)F. The quantitative estimate of drug-likeness (QED) is 0.550. The van der Waals surface area contributed by atoms with Crippen molar-refractivity contribution in [3.8, 4) is 0 Å². The predicted molar refractivity (Wildman–Crippen MR) is 62.8 cm³/mol. The summed E-state index contributed by atoms with van der Waals surface area (Å²) >= 11 is 1.71. The van der Waals surface area contributed by atoms with Gasteiger partial charge in [0.15, 0.2) is 0 Å². The van der Waals surface area contributed by atoms with Crippen molar-refractivity contribution < 1.29 is 13.2 Å². The molecule has 0 nitrogen and oxygen atoms in total. The van der Waals surface area contributed by atoms with E-state index in [1.54, 1.807) is 35.6 Å². The van der Waals surface area contributed by atoms with Crippen molar-refractivity contribution in [1.82, 2.24) is 0 Å². The zero-order valence-electron chi connectivity index (χ0n) is 8.11. The lowest BCUT2D eigenvalue weighted by atomic mass is 9.95. The van der Waals surface area contributed by atoms with E-state index < -0.39 is 11.7 Å². The monoisotopic (exact) mass is 326 g/mol. The van der Waals surface area contributed by atoms with Gasteiger partial charge in [0.2, 0.25) is 0 Å². The number of rotatable bonds is 2. The maximum Gasteiger partial charge on any atom is 0.417 e. The third kappa shape index (κ3) is 2.74. The van der Waals surface area contributed by atoms with Crippen molar-refractivity contribution in [2.45, 2.75) is 19.0 Å². The Bertz CT molecular complexity index is 369. The Morgan fingerprint density at radius 1 is 1.40 bits per heavy atom. The average molecular weight is 326 g/mol. The molecule has 1 atom stereocenters. The summed E-state index contributed by atoms with van der Waals surface area (Å²) in [6.45, 7) is 5.22. The minimum absolute atomic E-state index is 0.228. The first-order chi connectivity index (χ1) is 6.88. The second kappa shape index (κ2) is 4.55. The van der Waals surface area contributed by atoms with E-state index in [2.05, 4.69) is 6.58 Å². The first-order valence-electron chi connectivity index (χ1n) is 4.36. The fourth-order valence-electron chi connectivity index (χ4n) is 1.35. The molecule has 0 aliphatic carbocycles. The summed E-state index contributed by atoms with van der Waals surface area (Å²) in [5, 5.41) is 0. The van der Waals surface area contributed by atoms with Gasteiger partial charge in [-0.15, -0.1) is 6.58 Å². The molecular weight excluding hydrogens is 316 g/mol. The number of halogens is 4. The van der Waals surface area contributed by atoms with Gasteiger partial charge in [0, 0.05) is 3.57 Å².